The lowest BCUT2D eigenvalue weighted by molar-refractivity contribution is -0.945. The standard InChI is InChI=1S/C22H34NO2/c1-2-23-14-12-18(13-15-23)21(16-23)25-17-22(24,20-10-6-7-11-20)19-8-4-3-5-9-19/h3-5,8-9,18,20-21,24H,2,6-7,10-17H2,1H3/q+1. The van der Waals surface area contributed by atoms with Crippen molar-refractivity contribution in [3.8, 4) is 0 Å². The summed E-state index contributed by atoms with van der Waals surface area (Å²) in [5.74, 6) is 1.04. The highest BCUT2D eigenvalue weighted by molar-refractivity contribution is 5.24. The minimum absolute atomic E-state index is 0.332. The number of rotatable bonds is 6. The third-order valence-electron chi connectivity index (χ3n) is 7.53. The number of hydrogen-bond acceptors (Lipinski definition) is 2. The molecule has 0 aromatic heterocycles. The van der Waals surface area contributed by atoms with Gasteiger partial charge < -0.3 is 14.3 Å². The Labute approximate surface area is 152 Å². The minimum atomic E-state index is -0.819. The molecular formula is C22H34NO2+. The number of likely N-dealkylation sites (N-methyl/N-ethyl adjacent to an activating group) is 1. The first-order valence-electron chi connectivity index (χ1n) is 10.4. The van der Waals surface area contributed by atoms with Crippen LogP contribution in [0.5, 0.6) is 0 Å². The second kappa shape index (κ2) is 7.02. The van der Waals surface area contributed by atoms with Crippen LogP contribution < -0.4 is 0 Å². The van der Waals surface area contributed by atoms with Crippen LogP contribution >= 0.6 is 0 Å². The van der Waals surface area contributed by atoms with E-state index >= 15 is 0 Å². The van der Waals surface area contributed by atoms with Crippen molar-refractivity contribution in [1.29, 1.82) is 0 Å². The van der Waals surface area contributed by atoms with Gasteiger partial charge in [-0.1, -0.05) is 43.2 Å². The summed E-state index contributed by atoms with van der Waals surface area (Å²) in [6.45, 7) is 7.81. The molecule has 2 atom stereocenters. The normalized spacial score (nSPS) is 35.0. The highest BCUT2D eigenvalue weighted by Gasteiger charge is 2.47. The molecule has 1 aliphatic carbocycles. The number of hydrogen-bond donors (Lipinski definition) is 1. The first kappa shape index (κ1) is 17.5. The Morgan fingerprint density at radius 3 is 2.40 bits per heavy atom. The van der Waals surface area contributed by atoms with Gasteiger partial charge in [-0.15, -0.1) is 0 Å². The average Bonchev–Trinajstić information content (AvgIpc) is 3.23. The lowest BCUT2D eigenvalue weighted by Gasteiger charge is -2.52. The molecule has 3 saturated heterocycles. The second-order valence-corrected chi connectivity index (χ2v) is 8.75. The van der Waals surface area contributed by atoms with E-state index in [0.717, 1.165) is 24.9 Å². The van der Waals surface area contributed by atoms with Crippen molar-refractivity contribution in [2.45, 2.75) is 57.2 Å². The fourth-order valence-corrected chi connectivity index (χ4v) is 5.66. The molecule has 3 nitrogen and oxygen atoms in total. The molecule has 2 bridgehead atoms. The van der Waals surface area contributed by atoms with Crippen molar-refractivity contribution in [2.75, 3.05) is 32.8 Å². The molecule has 25 heavy (non-hydrogen) atoms. The van der Waals surface area contributed by atoms with Crippen LogP contribution in [0.4, 0.5) is 0 Å². The Bertz CT molecular complexity index is 561. The van der Waals surface area contributed by atoms with Gasteiger partial charge in [0.05, 0.1) is 26.2 Å². The number of fused-ring (bicyclic) bond motifs is 3. The summed E-state index contributed by atoms with van der Waals surface area (Å²) in [6.07, 6.45) is 7.65. The van der Waals surface area contributed by atoms with Gasteiger partial charge in [0.1, 0.15) is 18.2 Å². The predicted molar refractivity (Wildman–Crippen MR) is 100 cm³/mol. The van der Waals surface area contributed by atoms with E-state index < -0.39 is 5.60 Å². The van der Waals surface area contributed by atoms with Gasteiger partial charge in [-0.25, -0.2) is 0 Å². The Hall–Kier alpha value is -0.900. The molecule has 5 rings (SSSR count). The zero-order valence-corrected chi connectivity index (χ0v) is 15.7. The van der Waals surface area contributed by atoms with E-state index in [1.807, 2.05) is 18.2 Å². The largest absolute Gasteiger partial charge is 0.382 e. The van der Waals surface area contributed by atoms with Gasteiger partial charge in [0.25, 0.3) is 0 Å². The fraction of sp³-hybridized carbons (Fsp3) is 0.727. The molecule has 0 spiro atoms. The molecule has 3 aliphatic heterocycles. The van der Waals surface area contributed by atoms with E-state index in [-0.39, 0.29) is 0 Å². The van der Waals surface area contributed by atoms with Crippen LogP contribution in [0.1, 0.15) is 51.0 Å². The van der Waals surface area contributed by atoms with Crippen molar-refractivity contribution in [3.63, 3.8) is 0 Å². The van der Waals surface area contributed by atoms with E-state index in [1.54, 1.807) is 0 Å². The topological polar surface area (TPSA) is 29.5 Å². The highest BCUT2D eigenvalue weighted by atomic mass is 16.5. The van der Waals surface area contributed by atoms with Gasteiger partial charge in [0.15, 0.2) is 0 Å². The van der Waals surface area contributed by atoms with Crippen molar-refractivity contribution in [2.24, 2.45) is 11.8 Å². The summed E-state index contributed by atoms with van der Waals surface area (Å²) in [5.41, 5.74) is 0.225. The summed E-state index contributed by atoms with van der Waals surface area (Å²) >= 11 is 0. The Balaban J connectivity index is 1.50. The Kier molecular flexibility index (Phi) is 4.91. The summed E-state index contributed by atoms with van der Waals surface area (Å²) in [4.78, 5) is 0. The molecule has 0 amide bonds. The summed E-state index contributed by atoms with van der Waals surface area (Å²) in [7, 11) is 0. The number of ether oxygens (including phenoxy) is 1. The van der Waals surface area contributed by atoms with Crippen LogP contribution in [-0.4, -0.2) is 48.5 Å². The minimum Gasteiger partial charge on any atom is -0.382 e. The van der Waals surface area contributed by atoms with E-state index in [1.165, 1.54) is 49.8 Å². The van der Waals surface area contributed by atoms with Gasteiger partial charge in [-0.2, -0.15) is 0 Å². The number of nitrogens with zero attached hydrogens (tertiary/aromatic N) is 1. The van der Waals surface area contributed by atoms with E-state index in [2.05, 4.69) is 19.1 Å². The maximum absolute atomic E-state index is 11.7. The lowest BCUT2D eigenvalue weighted by atomic mass is 9.80. The number of piperidine rings is 3. The fourth-order valence-electron chi connectivity index (χ4n) is 5.66. The van der Waals surface area contributed by atoms with Crippen LogP contribution in [0, 0.1) is 11.8 Å². The van der Waals surface area contributed by atoms with Crippen LogP contribution in [-0.2, 0) is 10.3 Å². The van der Waals surface area contributed by atoms with Crippen LogP contribution in [0.15, 0.2) is 30.3 Å². The molecule has 1 N–H and O–H groups in total. The molecule has 138 valence electrons. The molecular weight excluding hydrogens is 310 g/mol. The molecule has 1 saturated carbocycles. The Morgan fingerprint density at radius 2 is 1.76 bits per heavy atom. The van der Waals surface area contributed by atoms with Crippen molar-refractivity contribution >= 4 is 0 Å². The summed E-state index contributed by atoms with van der Waals surface area (Å²) in [6, 6.07) is 10.3. The van der Waals surface area contributed by atoms with E-state index in [4.69, 9.17) is 4.74 Å². The van der Waals surface area contributed by atoms with Crippen LogP contribution in [0.2, 0.25) is 0 Å². The van der Waals surface area contributed by atoms with Gasteiger partial charge in [0.2, 0.25) is 0 Å². The predicted octanol–water partition coefficient (Wildman–Crippen LogP) is 3.71. The van der Waals surface area contributed by atoms with Crippen molar-refractivity contribution in [1.82, 2.24) is 0 Å². The number of benzene rings is 1. The molecule has 4 fully saturated rings. The molecule has 4 aliphatic rings. The number of quaternary nitrogens is 1. The SMILES string of the molecule is CC[N+]12CCC(CC1)C(OCC(O)(c1ccccc1)C1CCCC1)C2. The van der Waals surface area contributed by atoms with Crippen molar-refractivity contribution < 1.29 is 14.3 Å². The highest BCUT2D eigenvalue weighted by Crippen LogP contribution is 2.42. The third-order valence-corrected chi connectivity index (χ3v) is 7.53. The van der Waals surface area contributed by atoms with Gasteiger partial charge in [-0.05, 0) is 31.2 Å². The summed E-state index contributed by atoms with van der Waals surface area (Å²) in [5, 5.41) is 11.7. The second-order valence-electron chi connectivity index (χ2n) is 8.75. The first-order valence-corrected chi connectivity index (χ1v) is 10.4. The third kappa shape index (κ3) is 3.27. The Morgan fingerprint density at radius 1 is 1.08 bits per heavy atom. The average molecular weight is 345 g/mol. The lowest BCUT2D eigenvalue weighted by Crippen LogP contribution is -2.64. The molecule has 3 heteroatoms. The molecule has 1 aromatic carbocycles. The quantitative estimate of drug-likeness (QED) is 0.797. The van der Waals surface area contributed by atoms with E-state index in [0.29, 0.717) is 24.5 Å². The zero-order valence-electron chi connectivity index (χ0n) is 15.7. The van der Waals surface area contributed by atoms with Gasteiger partial charge >= 0.3 is 0 Å². The summed E-state index contributed by atoms with van der Waals surface area (Å²) < 4.78 is 7.74. The molecule has 1 aromatic rings. The number of aliphatic hydroxyl groups is 1. The van der Waals surface area contributed by atoms with Gasteiger partial charge in [0, 0.05) is 18.8 Å². The smallest absolute Gasteiger partial charge is 0.116 e. The van der Waals surface area contributed by atoms with Crippen LogP contribution in [0.3, 0.4) is 0 Å². The first-order chi connectivity index (χ1) is 12.2. The maximum Gasteiger partial charge on any atom is 0.116 e. The van der Waals surface area contributed by atoms with E-state index in [9.17, 15) is 5.11 Å². The maximum atomic E-state index is 11.7. The molecule has 2 unspecified atom stereocenters. The molecule has 3 heterocycles. The van der Waals surface area contributed by atoms with Crippen LogP contribution in [0.25, 0.3) is 0 Å². The van der Waals surface area contributed by atoms with Gasteiger partial charge in [-0.3, -0.25) is 0 Å². The monoisotopic (exact) mass is 344 g/mol. The zero-order chi connectivity index (χ0) is 17.3. The molecule has 0 radical (unpaired) electrons. The van der Waals surface area contributed by atoms with Crippen molar-refractivity contribution in [3.05, 3.63) is 35.9 Å².